The average molecular weight is 534 g/mol. The van der Waals surface area contributed by atoms with Crippen molar-refractivity contribution in [1.29, 1.82) is 5.41 Å². The Morgan fingerprint density at radius 3 is 2.02 bits per heavy atom. The summed E-state index contributed by atoms with van der Waals surface area (Å²) in [6, 6.07) is 40.8. The molecular formula is C38H35N3. The molecule has 3 heteroatoms. The van der Waals surface area contributed by atoms with Gasteiger partial charge >= 0.3 is 0 Å². The van der Waals surface area contributed by atoms with E-state index in [9.17, 15) is 0 Å². The van der Waals surface area contributed by atoms with Gasteiger partial charge in [-0.25, -0.2) is 4.98 Å². The molecule has 1 atom stereocenters. The maximum Gasteiger partial charge on any atom is 0.134 e. The molecule has 8 rings (SSSR count). The van der Waals surface area contributed by atoms with E-state index < -0.39 is 0 Å². The lowest BCUT2D eigenvalue weighted by Crippen LogP contribution is -2.27. The number of fused-ring (bicyclic) bond motifs is 12. The van der Waals surface area contributed by atoms with Crippen LogP contribution in [0.4, 0.5) is 0 Å². The SMILES string of the molecule is CC.CC(=N)c1ccccc1C.Cc1cccc2c1-c1ccccc1C21c2ccccc2-n2c1nc1ccccc12. The van der Waals surface area contributed by atoms with E-state index in [0.717, 1.165) is 16.9 Å². The van der Waals surface area contributed by atoms with E-state index in [2.05, 4.69) is 102 Å². The highest BCUT2D eigenvalue weighted by Crippen LogP contribution is 2.60. The second-order valence-corrected chi connectivity index (χ2v) is 10.5. The highest BCUT2D eigenvalue weighted by molar-refractivity contribution is 5.97. The highest BCUT2D eigenvalue weighted by Gasteiger charge is 2.54. The van der Waals surface area contributed by atoms with Crippen LogP contribution < -0.4 is 0 Å². The van der Waals surface area contributed by atoms with E-state index in [1.165, 1.54) is 50.1 Å². The molecule has 1 spiro atoms. The number of benzene rings is 5. The number of hydrogen-bond acceptors (Lipinski definition) is 2. The van der Waals surface area contributed by atoms with Crippen molar-refractivity contribution in [3.63, 3.8) is 0 Å². The molecule has 5 aromatic carbocycles. The van der Waals surface area contributed by atoms with Gasteiger partial charge in [0.15, 0.2) is 0 Å². The van der Waals surface area contributed by atoms with Crippen molar-refractivity contribution in [3.05, 3.63) is 154 Å². The first-order chi connectivity index (χ1) is 20.0. The molecule has 202 valence electrons. The van der Waals surface area contributed by atoms with Crippen LogP contribution in [-0.2, 0) is 5.41 Å². The second kappa shape index (κ2) is 10.3. The Bertz CT molecular complexity index is 1930. The average Bonchev–Trinajstić information content (AvgIpc) is 3.63. The van der Waals surface area contributed by atoms with Crippen LogP contribution in [0.1, 0.15) is 60.0 Å². The van der Waals surface area contributed by atoms with Crippen molar-refractivity contribution < 1.29 is 0 Å². The van der Waals surface area contributed by atoms with Gasteiger partial charge in [0.1, 0.15) is 11.2 Å². The van der Waals surface area contributed by atoms with Crippen LogP contribution in [0.2, 0.25) is 0 Å². The van der Waals surface area contributed by atoms with Crippen LogP contribution in [0.15, 0.2) is 115 Å². The molecule has 3 nitrogen and oxygen atoms in total. The largest absolute Gasteiger partial charge is 0.305 e. The quantitative estimate of drug-likeness (QED) is 0.210. The lowest BCUT2D eigenvalue weighted by Gasteiger charge is -2.27. The molecule has 1 aliphatic heterocycles. The maximum atomic E-state index is 7.38. The van der Waals surface area contributed by atoms with Gasteiger partial charge in [0, 0.05) is 5.71 Å². The standard InChI is InChI=1S/C27H18N2.C9H11N.C2H6/c1-17-9-8-13-21-25(17)18-10-2-3-11-19(18)27(21)20-12-4-6-15-23(20)29-24-16-7-5-14-22(24)28-26(27)29;1-7-5-3-4-6-9(7)8(2)10;1-2/h2-16H,1H3;3-6,10H,1-2H3;1-2H3. The van der Waals surface area contributed by atoms with Gasteiger partial charge in [-0.05, 0) is 83.5 Å². The van der Waals surface area contributed by atoms with Crippen molar-refractivity contribution in [2.24, 2.45) is 0 Å². The molecule has 2 heterocycles. The number of imidazole rings is 1. The summed E-state index contributed by atoms with van der Waals surface area (Å²) < 4.78 is 2.37. The number of hydrogen-bond donors (Lipinski definition) is 1. The van der Waals surface area contributed by atoms with Crippen LogP contribution >= 0.6 is 0 Å². The number of nitrogens with zero attached hydrogens (tertiary/aromatic N) is 2. The van der Waals surface area contributed by atoms with Gasteiger partial charge in [-0.15, -0.1) is 0 Å². The van der Waals surface area contributed by atoms with Gasteiger partial charge < -0.3 is 5.41 Å². The fraction of sp³-hybridized carbons (Fsp3) is 0.158. The fourth-order valence-electron chi connectivity index (χ4n) is 6.66. The zero-order valence-electron chi connectivity index (χ0n) is 24.4. The minimum atomic E-state index is -0.368. The van der Waals surface area contributed by atoms with Crippen LogP contribution in [0.25, 0.3) is 27.8 Å². The first-order valence-electron chi connectivity index (χ1n) is 14.4. The first kappa shape index (κ1) is 26.5. The first-order valence-corrected chi connectivity index (χ1v) is 14.4. The van der Waals surface area contributed by atoms with Crippen molar-refractivity contribution in [2.45, 2.75) is 40.0 Å². The fourth-order valence-corrected chi connectivity index (χ4v) is 6.66. The van der Waals surface area contributed by atoms with Gasteiger partial charge in [0.25, 0.3) is 0 Å². The van der Waals surface area contributed by atoms with Crippen LogP contribution in [0.5, 0.6) is 0 Å². The summed E-state index contributed by atoms with van der Waals surface area (Å²) in [6.07, 6.45) is 0. The zero-order valence-corrected chi connectivity index (χ0v) is 24.4. The van der Waals surface area contributed by atoms with E-state index >= 15 is 0 Å². The number of nitrogens with one attached hydrogen (secondary N) is 1. The maximum absolute atomic E-state index is 7.38. The molecule has 0 fully saturated rings. The van der Waals surface area contributed by atoms with E-state index in [1.807, 2.05) is 52.0 Å². The Hall–Kier alpha value is -4.76. The van der Waals surface area contributed by atoms with Gasteiger partial charge in [0.05, 0.1) is 16.7 Å². The Balaban J connectivity index is 0.000000215. The smallest absolute Gasteiger partial charge is 0.134 e. The Morgan fingerprint density at radius 2 is 1.27 bits per heavy atom. The Morgan fingerprint density at radius 1 is 0.659 bits per heavy atom. The summed E-state index contributed by atoms with van der Waals surface area (Å²) in [7, 11) is 0. The van der Waals surface area contributed by atoms with E-state index in [4.69, 9.17) is 10.4 Å². The number of aryl methyl sites for hydroxylation is 2. The molecule has 1 unspecified atom stereocenters. The van der Waals surface area contributed by atoms with E-state index in [1.54, 1.807) is 0 Å². The van der Waals surface area contributed by atoms with Crippen LogP contribution in [0, 0.1) is 19.3 Å². The molecule has 0 bridgehead atoms. The lowest BCUT2D eigenvalue weighted by molar-refractivity contribution is 0.737. The minimum Gasteiger partial charge on any atom is -0.305 e. The monoisotopic (exact) mass is 533 g/mol. The predicted molar refractivity (Wildman–Crippen MR) is 172 cm³/mol. The molecule has 1 N–H and O–H groups in total. The van der Waals surface area contributed by atoms with E-state index in [-0.39, 0.29) is 5.41 Å². The summed E-state index contributed by atoms with van der Waals surface area (Å²) in [4.78, 5) is 5.23. The number of aromatic nitrogens is 2. The third-order valence-corrected chi connectivity index (χ3v) is 8.27. The van der Waals surface area contributed by atoms with Gasteiger partial charge in [0.2, 0.25) is 0 Å². The molecule has 0 saturated heterocycles. The third-order valence-electron chi connectivity index (χ3n) is 8.27. The molecule has 0 saturated carbocycles. The second-order valence-electron chi connectivity index (χ2n) is 10.5. The van der Waals surface area contributed by atoms with Gasteiger partial charge in [-0.1, -0.05) is 111 Å². The van der Waals surface area contributed by atoms with Gasteiger partial charge in [-0.2, -0.15) is 0 Å². The normalized spacial score (nSPS) is 15.1. The minimum absolute atomic E-state index is 0.368. The molecule has 2 aliphatic rings. The predicted octanol–water partition coefficient (Wildman–Crippen LogP) is 9.42. The molecule has 6 aromatic rings. The number of rotatable bonds is 1. The molecule has 41 heavy (non-hydrogen) atoms. The number of para-hydroxylation sites is 3. The van der Waals surface area contributed by atoms with Gasteiger partial charge in [-0.3, -0.25) is 4.57 Å². The molecular weight excluding hydrogens is 498 g/mol. The van der Waals surface area contributed by atoms with Crippen molar-refractivity contribution >= 4 is 16.7 Å². The summed E-state index contributed by atoms with van der Waals surface area (Å²) in [5.41, 5.74) is 14.0. The Kier molecular flexibility index (Phi) is 6.67. The zero-order chi connectivity index (χ0) is 28.7. The van der Waals surface area contributed by atoms with E-state index in [0.29, 0.717) is 5.71 Å². The topological polar surface area (TPSA) is 41.7 Å². The Labute approximate surface area is 242 Å². The van der Waals surface area contributed by atoms with Crippen molar-refractivity contribution in [2.75, 3.05) is 0 Å². The summed E-state index contributed by atoms with van der Waals surface area (Å²) in [6.45, 7) is 10.0. The van der Waals surface area contributed by atoms with Crippen molar-refractivity contribution in [1.82, 2.24) is 9.55 Å². The van der Waals surface area contributed by atoms with Crippen LogP contribution in [0.3, 0.4) is 0 Å². The summed E-state index contributed by atoms with van der Waals surface area (Å²) in [5.74, 6) is 1.11. The molecule has 1 aromatic heterocycles. The molecule has 0 amide bonds. The summed E-state index contributed by atoms with van der Waals surface area (Å²) >= 11 is 0. The summed E-state index contributed by atoms with van der Waals surface area (Å²) in [5, 5.41) is 7.38. The lowest BCUT2D eigenvalue weighted by atomic mass is 9.73. The third kappa shape index (κ3) is 3.80. The molecule has 1 aliphatic carbocycles. The van der Waals surface area contributed by atoms with Crippen molar-refractivity contribution in [3.8, 4) is 16.8 Å². The molecule has 0 radical (unpaired) electrons. The van der Waals surface area contributed by atoms with Crippen LogP contribution in [-0.4, -0.2) is 15.3 Å². The highest BCUT2D eigenvalue weighted by atomic mass is 15.1.